The molecule has 0 N–H and O–H groups in total. The second-order valence-electron chi connectivity index (χ2n) is 8.27. The van der Waals surface area contributed by atoms with Crippen LogP contribution in [0.3, 0.4) is 0 Å². The molecule has 0 saturated heterocycles. The van der Waals surface area contributed by atoms with E-state index < -0.39 is 22.2 Å². The molecule has 0 spiro atoms. The molecule has 0 aliphatic carbocycles. The number of hydrogen-bond acceptors (Lipinski definition) is 4. The highest BCUT2D eigenvalue weighted by Gasteiger charge is 2.20. The molecule has 0 aliphatic rings. The van der Waals surface area contributed by atoms with Gasteiger partial charge in [-0.05, 0) is 60.4 Å². The number of aromatic nitrogens is 2. The molecule has 0 fully saturated rings. The van der Waals surface area contributed by atoms with Gasteiger partial charge in [0.25, 0.3) is 22.2 Å². The fraction of sp³-hybridized carbons (Fsp3) is 0.185. The molecule has 2 heterocycles. The van der Waals surface area contributed by atoms with Crippen molar-refractivity contribution in [2.75, 3.05) is 0 Å². The second-order valence-corrected chi connectivity index (χ2v) is 8.27. The molecule has 6 nitrogen and oxygen atoms in total. The maximum atomic E-state index is 13.1. The van der Waals surface area contributed by atoms with Crippen molar-refractivity contribution in [3.8, 4) is 11.4 Å². The van der Waals surface area contributed by atoms with Crippen LogP contribution in [-0.4, -0.2) is 9.13 Å². The van der Waals surface area contributed by atoms with Crippen molar-refractivity contribution in [2.24, 2.45) is 0 Å². The van der Waals surface area contributed by atoms with Gasteiger partial charge in [-0.2, -0.15) is 0 Å². The molecule has 5 aromatic rings. The summed E-state index contributed by atoms with van der Waals surface area (Å²) in [7, 11) is 0. The van der Waals surface area contributed by atoms with Crippen LogP contribution in [0.5, 0.6) is 0 Å². The monoisotopic (exact) mass is 438 g/mol. The van der Waals surface area contributed by atoms with E-state index in [1.54, 1.807) is 24.3 Å². The van der Waals surface area contributed by atoms with Gasteiger partial charge in [-0.3, -0.25) is 19.2 Å². The van der Waals surface area contributed by atoms with Gasteiger partial charge in [-0.1, -0.05) is 44.5 Å². The summed E-state index contributed by atoms with van der Waals surface area (Å²) in [5, 5.41) is 0.556. The maximum Gasteiger partial charge on any atom is 0.266 e. The molecule has 2 aromatic heterocycles. The van der Waals surface area contributed by atoms with E-state index in [1.807, 2.05) is 31.2 Å². The summed E-state index contributed by atoms with van der Waals surface area (Å²) in [4.78, 5) is 52.4. The van der Waals surface area contributed by atoms with E-state index in [0.29, 0.717) is 11.4 Å². The normalized spacial score (nSPS) is 11.6. The summed E-state index contributed by atoms with van der Waals surface area (Å²) < 4.78 is 2.20. The van der Waals surface area contributed by atoms with Gasteiger partial charge in [-0.25, -0.2) is 9.13 Å². The van der Waals surface area contributed by atoms with Crippen LogP contribution in [0.4, 0.5) is 0 Å². The molecule has 0 bridgehead atoms. The SMILES string of the molecule is CCCc1ccc(-n2c(=O)c3cc4c(=O)n(-c5ccc(CC)cc5)c(=O)c4cc3c2=O)cc1. The average Bonchev–Trinajstić information content (AvgIpc) is 3.23. The van der Waals surface area contributed by atoms with Crippen molar-refractivity contribution in [3.63, 3.8) is 0 Å². The number of fused-ring (bicyclic) bond motifs is 2. The van der Waals surface area contributed by atoms with Gasteiger partial charge in [0.05, 0.1) is 32.9 Å². The van der Waals surface area contributed by atoms with E-state index in [9.17, 15) is 19.2 Å². The van der Waals surface area contributed by atoms with Crippen molar-refractivity contribution < 1.29 is 0 Å². The van der Waals surface area contributed by atoms with Crippen molar-refractivity contribution in [2.45, 2.75) is 33.1 Å². The Morgan fingerprint density at radius 3 is 1.24 bits per heavy atom. The highest BCUT2D eigenvalue weighted by molar-refractivity contribution is 5.98. The highest BCUT2D eigenvalue weighted by Crippen LogP contribution is 2.18. The largest absolute Gasteiger partial charge is 0.268 e. The Hall–Kier alpha value is -4.06. The van der Waals surface area contributed by atoms with Gasteiger partial charge in [-0.15, -0.1) is 0 Å². The fourth-order valence-electron chi connectivity index (χ4n) is 4.42. The Morgan fingerprint density at radius 1 is 0.545 bits per heavy atom. The summed E-state index contributed by atoms with van der Waals surface area (Å²) >= 11 is 0. The van der Waals surface area contributed by atoms with Crippen LogP contribution in [0.15, 0.2) is 79.8 Å². The molecular formula is C27H22N2O4. The van der Waals surface area contributed by atoms with E-state index >= 15 is 0 Å². The van der Waals surface area contributed by atoms with Gasteiger partial charge in [0.1, 0.15) is 0 Å². The van der Waals surface area contributed by atoms with E-state index in [-0.39, 0.29) is 21.5 Å². The molecular weight excluding hydrogens is 416 g/mol. The number of benzene rings is 3. The second kappa shape index (κ2) is 7.81. The number of nitrogens with zero attached hydrogens (tertiary/aromatic N) is 2. The Balaban J connectivity index is 1.72. The topological polar surface area (TPSA) is 78.1 Å². The predicted octanol–water partition coefficient (Wildman–Crippen LogP) is 3.41. The van der Waals surface area contributed by atoms with Gasteiger partial charge in [0, 0.05) is 0 Å². The predicted molar refractivity (Wildman–Crippen MR) is 131 cm³/mol. The molecule has 3 aromatic carbocycles. The smallest absolute Gasteiger partial charge is 0.266 e. The summed E-state index contributed by atoms with van der Waals surface area (Å²) in [6.07, 6.45) is 2.76. The standard InChI is InChI=1S/C27H22N2O4/c1-3-5-17-8-12-19(13-9-17)29-26(32)22-14-20-21(15-23(22)27(29)33)25(31)28(24(20)30)18-10-6-16(4-2)7-11-18/h6-15H,3-5H2,1-2H3. The fourth-order valence-corrected chi connectivity index (χ4v) is 4.42. The van der Waals surface area contributed by atoms with Crippen LogP contribution in [0.25, 0.3) is 32.9 Å². The first kappa shape index (κ1) is 20.8. The number of aryl methyl sites for hydroxylation is 2. The zero-order chi connectivity index (χ0) is 23.3. The third kappa shape index (κ3) is 3.18. The molecule has 5 rings (SSSR count). The average molecular weight is 438 g/mol. The van der Waals surface area contributed by atoms with Crippen LogP contribution >= 0.6 is 0 Å². The van der Waals surface area contributed by atoms with Crippen molar-refractivity contribution in [1.82, 2.24) is 9.13 Å². The lowest BCUT2D eigenvalue weighted by molar-refractivity contribution is 0.917. The van der Waals surface area contributed by atoms with Crippen molar-refractivity contribution in [3.05, 3.63) is 113 Å². The molecule has 164 valence electrons. The first-order valence-electron chi connectivity index (χ1n) is 11.1. The summed E-state index contributed by atoms with van der Waals surface area (Å²) in [6.45, 7) is 4.11. The van der Waals surface area contributed by atoms with E-state index in [2.05, 4.69) is 6.92 Å². The van der Waals surface area contributed by atoms with Crippen LogP contribution < -0.4 is 22.2 Å². The van der Waals surface area contributed by atoms with Gasteiger partial charge >= 0.3 is 0 Å². The zero-order valence-electron chi connectivity index (χ0n) is 18.4. The maximum absolute atomic E-state index is 13.1. The number of hydrogen-bond donors (Lipinski definition) is 0. The quantitative estimate of drug-likeness (QED) is 0.421. The Kier molecular flexibility index (Phi) is 4.93. The first-order valence-corrected chi connectivity index (χ1v) is 11.1. The van der Waals surface area contributed by atoms with Crippen LogP contribution in [0.1, 0.15) is 31.4 Å². The third-order valence-electron chi connectivity index (χ3n) is 6.23. The minimum absolute atomic E-state index is 0.139. The minimum Gasteiger partial charge on any atom is -0.268 e. The first-order chi connectivity index (χ1) is 15.9. The molecule has 33 heavy (non-hydrogen) atoms. The molecule has 0 unspecified atom stereocenters. The van der Waals surface area contributed by atoms with E-state index in [1.165, 1.54) is 12.1 Å². The molecule has 0 atom stereocenters. The van der Waals surface area contributed by atoms with Gasteiger partial charge < -0.3 is 0 Å². The minimum atomic E-state index is -0.496. The van der Waals surface area contributed by atoms with Crippen LogP contribution in [0, 0.1) is 0 Å². The van der Waals surface area contributed by atoms with Crippen molar-refractivity contribution >= 4 is 21.5 Å². The summed E-state index contributed by atoms with van der Waals surface area (Å²) in [6, 6.07) is 17.3. The van der Waals surface area contributed by atoms with Crippen molar-refractivity contribution in [1.29, 1.82) is 0 Å². The third-order valence-corrected chi connectivity index (χ3v) is 6.23. The molecule has 6 heteroatoms. The zero-order valence-corrected chi connectivity index (χ0v) is 18.4. The van der Waals surface area contributed by atoms with E-state index in [4.69, 9.17) is 0 Å². The Morgan fingerprint density at radius 2 is 0.909 bits per heavy atom. The summed E-state index contributed by atoms with van der Waals surface area (Å²) in [5.74, 6) is 0. The van der Waals surface area contributed by atoms with Crippen LogP contribution in [0.2, 0.25) is 0 Å². The molecule has 0 radical (unpaired) electrons. The Bertz CT molecular complexity index is 1630. The lowest BCUT2D eigenvalue weighted by atomic mass is 10.1. The van der Waals surface area contributed by atoms with Gasteiger partial charge in [0.2, 0.25) is 0 Å². The number of rotatable bonds is 5. The lowest BCUT2D eigenvalue weighted by Gasteiger charge is -2.02. The van der Waals surface area contributed by atoms with E-state index in [0.717, 1.165) is 39.5 Å². The summed E-state index contributed by atoms with van der Waals surface area (Å²) in [5.41, 5.74) is 1.17. The molecule has 0 aliphatic heterocycles. The molecule has 0 saturated carbocycles. The lowest BCUT2D eigenvalue weighted by Crippen LogP contribution is -2.24. The Labute approximate surface area is 188 Å². The molecule has 0 amide bonds. The van der Waals surface area contributed by atoms with Crippen LogP contribution in [-0.2, 0) is 12.8 Å². The highest BCUT2D eigenvalue weighted by atomic mass is 16.2. The van der Waals surface area contributed by atoms with Gasteiger partial charge in [0.15, 0.2) is 0 Å².